The van der Waals surface area contributed by atoms with E-state index in [9.17, 15) is 9.90 Å². The minimum atomic E-state index is -1.14. The van der Waals surface area contributed by atoms with Gasteiger partial charge in [-0.05, 0) is 29.2 Å². The number of nitrogens with zero attached hydrogens (tertiary/aromatic N) is 2. The van der Waals surface area contributed by atoms with Crippen molar-refractivity contribution in [3.05, 3.63) is 83.2 Å². The summed E-state index contributed by atoms with van der Waals surface area (Å²) in [5, 5.41) is 11.3. The highest BCUT2D eigenvalue weighted by atomic mass is 16.3. The Bertz CT molecular complexity index is 888. The van der Waals surface area contributed by atoms with Gasteiger partial charge in [-0.2, -0.15) is 0 Å². The van der Waals surface area contributed by atoms with Gasteiger partial charge < -0.3 is 15.8 Å². The lowest BCUT2D eigenvalue weighted by Crippen LogP contribution is -2.33. The molecule has 3 aromatic rings. The van der Waals surface area contributed by atoms with Crippen molar-refractivity contribution in [1.82, 2.24) is 15.0 Å². The zero-order valence-corrected chi connectivity index (χ0v) is 14.8. The molecule has 0 aliphatic rings. The van der Waals surface area contributed by atoms with Crippen LogP contribution in [0.15, 0.2) is 55.1 Å². The fraction of sp³-hybridized carbons (Fsp3) is 0.250. The van der Waals surface area contributed by atoms with Crippen molar-refractivity contribution in [2.75, 3.05) is 0 Å². The van der Waals surface area contributed by atoms with Crippen LogP contribution in [0.1, 0.15) is 46.7 Å². The Morgan fingerprint density at radius 1 is 1.27 bits per heavy atom. The Balaban J connectivity index is 1.86. The van der Waals surface area contributed by atoms with Crippen molar-refractivity contribution in [2.45, 2.75) is 25.9 Å². The van der Waals surface area contributed by atoms with Gasteiger partial charge in [-0.3, -0.25) is 9.78 Å². The van der Waals surface area contributed by atoms with E-state index in [2.05, 4.69) is 15.0 Å². The number of imidazole rings is 1. The second-order valence-electron chi connectivity index (χ2n) is 6.66. The summed E-state index contributed by atoms with van der Waals surface area (Å²) in [6.45, 7) is 3.93. The Hall–Kier alpha value is -2.99. The fourth-order valence-corrected chi connectivity index (χ4v) is 3.08. The highest BCUT2D eigenvalue weighted by molar-refractivity contribution is 5.92. The molecule has 2 aromatic heterocycles. The number of carbonyl (C=O) groups is 1. The number of hydrogen-bond donors (Lipinski definition) is 3. The molecule has 1 amide bonds. The number of hydrogen-bond acceptors (Lipinski definition) is 4. The summed E-state index contributed by atoms with van der Waals surface area (Å²) in [5.74, 6) is -0.506. The van der Waals surface area contributed by atoms with Crippen LogP contribution in [0.2, 0.25) is 0 Å². The molecule has 134 valence electrons. The molecule has 0 saturated carbocycles. The number of rotatable bonds is 6. The molecule has 4 N–H and O–H groups in total. The quantitative estimate of drug-likeness (QED) is 0.635. The summed E-state index contributed by atoms with van der Waals surface area (Å²) in [4.78, 5) is 22.6. The molecule has 0 radical (unpaired) electrons. The van der Waals surface area contributed by atoms with Gasteiger partial charge in [0.05, 0.1) is 18.2 Å². The molecule has 0 fully saturated rings. The van der Waals surface area contributed by atoms with Gasteiger partial charge in [-0.15, -0.1) is 0 Å². The molecule has 1 aromatic carbocycles. The van der Waals surface area contributed by atoms with Crippen molar-refractivity contribution in [3.63, 3.8) is 0 Å². The van der Waals surface area contributed by atoms with E-state index in [1.807, 2.05) is 38.1 Å². The van der Waals surface area contributed by atoms with E-state index in [0.29, 0.717) is 17.7 Å². The number of carbonyl (C=O) groups excluding carboxylic acids is 1. The maximum atomic E-state index is 11.3. The number of primary amides is 1. The minimum Gasteiger partial charge on any atom is -0.379 e. The predicted molar refractivity (Wildman–Crippen MR) is 98.4 cm³/mol. The number of nitrogens with one attached hydrogen (secondary N) is 1. The van der Waals surface area contributed by atoms with Crippen LogP contribution in [0, 0.1) is 5.92 Å². The van der Waals surface area contributed by atoms with E-state index in [1.165, 1.54) is 0 Å². The first-order valence-electron chi connectivity index (χ1n) is 8.46. The van der Waals surface area contributed by atoms with Crippen LogP contribution in [0.3, 0.4) is 0 Å². The van der Waals surface area contributed by atoms with Gasteiger partial charge in [-0.25, -0.2) is 4.98 Å². The SMILES string of the molecule is CC(C)C(O)(c1ccc(Cc2cc(C(N)=O)ccn2)cc1)c1cnc[nH]1. The van der Waals surface area contributed by atoms with E-state index < -0.39 is 11.5 Å². The Labute approximate surface area is 152 Å². The van der Waals surface area contributed by atoms with Gasteiger partial charge in [0.15, 0.2) is 0 Å². The second-order valence-corrected chi connectivity index (χ2v) is 6.66. The van der Waals surface area contributed by atoms with Gasteiger partial charge >= 0.3 is 0 Å². The normalized spacial score (nSPS) is 13.5. The standard InChI is InChI=1S/C20H22N4O2/c1-13(2)20(26,18-11-22-12-24-18)16-5-3-14(4-6-16)9-17-10-15(19(21)25)7-8-23-17/h3-8,10-13,26H,9H2,1-2H3,(H2,21,25)(H,22,24). The molecule has 1 atom stereocenters. The van der Waals surface area contributed by atoms with Crippen LogP contribution < -0.4 is 5.73 Å². The number of amides is 1. The predicted octanol–water partition coefficient (Wildman–Crippen LogP) is 2.39. The summed E-state index contributed by atoms with van der Waals surface area (Å²) < 4.78 is 0. The lowest BCUT2D eigenvalue weighted by molar-refractivity contribution is 0.0279. The smallest absolute Gasteiger partial charge is 0.248 e. The van der Waals surface area contributed by atoms with Crippen molar-refractivity contribution in [3.8, 4) is 0 Å². The average Bonchev–Trinajstić information content (AvgIpc) is 3.17. The van der Waals surface area contributed by atoms with Crippen LogP contribution in [-0.2, 0) is 12.0 Å². The zero-order valence-electron chi connectivity index (χ0n) is 14.8. The fourth-order valence-electron chi connectivity index (χ4n) is 3.08. The molecule has 0 spiro atoms. The first kappa shape index (κ1) is 17.8. The molecule has 3 rings (SSSR count). The largest absolute Gasteiger partial charge is 0.379 e. The molecule has 0 saturated heterocycles. The van der Waals surface area contributed by atoms with Crippen LogP contribution in [-0.4, -0.2) is 26.0 Å². The van der Waals surface area contributed by atoms with Crippen molar-refractivity contribution in [1.29, 1.82) is 0 Å². The summed E-state index contributed by atoms with van der Waals surface area (Å²) in [6, 6.07) is 11.0. The van der Waals surface area contributed by atoms with E-state index in [-0.39, 0.29) is 5.92 Å². The number of aliphatic hydroxyl groups is 1. The summed E-state index contributed by atoms with van der Waals surface area (Å²) >= 11 is 0. The van der Waals surface area contributed by atoms with Gasteiger partial charge in [0, 0.05) is 23.9 Å². The third-order valence-electron chi connectivity index (χ3n) is 4.62. The Kier molecular flexibility index (Phi) is 4.86. The Morgan fingerprint density at radius 2 is 2.00 bits per heavy atom. The maximum absolute atomic E-state index is 11.3. The lowest BCUT2D eigenvalue weighted by Gasteiger charge is -2.31. The van der Waals surface area contributed by atoms with Crippen LogP contribution in [0.25, 0.3) is 0 Å². The molecular formula is C20H22N4O2. The van der Waals surface area contributed by atoms with Gasteiger partial charge in [-0.1, -0.05) is 38.1 Å². The summed E-state index contributed by atoms with van der Waals surface area (Å²) in [6.07, 6.45) is 5.37. The van der Waals surface area contributed by atoms with Crippen LogP contribution >= 0.6 is 0 Å². The molecular weight excluding hydrogens is 328 g/mol. The zero-order chi connectivity index (χ0) is 18.7. The highest BCUT2D eigenvalue weighted by Crippen LogP contribution is 2.35. The molecule has 6 heteroatoms. The summed E-state index contributed by atoms with van der Waals surface area (Å²) in [7, 11) is 0. The molecule has 0 bridgehead atoms. The van der Waals surface area contributed by atoms with Gasteiger partial charge in [0.2, 0.25) is 5.91 Å². The number of nitrogens with two attached hydrogens (primary N) is 1. The molecule has 6 nitrogen and oxygen atoms in total. The van der Waals surface area contributed by atoms with Gasteiger partial charge in [0.25, 0.3) is 0 Å². The molecule has 0 aliphatic heterocycles. The third kappa shape index (κ3) is 3.36. The first-order chi connectivity index (χ1) is 12.4. The Morgan fingerprint density at radius 3 is 2.58 bits per heavy atom. The van der Waals surface area contributed by atoms with Gasteiger partial charge in [0.1, 0.15) is 5.60 Å². The number of aromatic amines is 1. The van der Waals surface area contributed by atoms with E-state index in [4.69, 9.17) is 5.73 Å². The second kappa shape index (κ2) is 7.09. The lowest BCUT2D eigenvalue weighted by atomic mass is 9.80. The third-order valence-corrected chi connectivity index (χ3v) is 4.62. The molecule has 0 aliphatic carbocycles. The number of H-pyrrole nitrogens is 1. The molecule has 1 unspecified atom stereocenters. The molecule has 2 heterocycles. The number of pyridine rings is 1. The highest BCUT2D eigenvalue weighted by Gasteiger charge is 2.36. The van der Waals surface area contributed by atoms with E-state index in [1.54, 1.807) is 30.9 Å². The van der Waals surface area contributed by atoms with Crippen molar-refractivity contribution >= 4 is 5.91 Å². The van der Waals surface area contributed by atoms with E-state index in [0.717, 1.165) is 16.8 Å². The first-order valence-corrected chi connectivity index (χ1v) is 8.46. The van der Waals surface area contributed by atoms with Crippen LogP contribution in [0.4, 0.5) is 0 Å². The monoisotopic (exact) mass is 350 g/mol. The average molecular weight is 350 g/mol. The minimum absolute atomic E-state index is 0.0392. The number of aromatic nitrogens is 3. The van der Waals surface area contributed by atoms with Crippen molar-refractivity contribution < 1.29 is 9.90 Å². The van der Waals surface area contributed by atoms with Crippen LogP contribution in [0.5, 0.6) is 0 Å². The van der Waals surface area contributed by atoms with E-state index >= 15 is 0 Å². The maximum Gasteiger partial charge on any atom is 0.248 e. The topological polar surface area (TPSA) is 105 Å². The van der Waals surface area contributed by atoms with Crippen molar-refractivity contribution in [2.24, 2.45) is 11.7 Å². The summed E-state index contributed by atoms with van der Waals surface area (Å²) in [5.41, 5.74) is 7.87. The molecule has 26 heavy (non-hydrogen) atoms. The number of benzene rings is 1.